The molecule has 64 valence electrons. The second-order valence-electron chi connectivity index (χ2n) is 3.66. The lowest BCUT2D eigenvalue weighted by Crippen LogP contribution is -2.00. The fourth-order valence-corrected chi connectivity index (χ4v) is 2.28. The molecular weight excluding hydrogens is 204 g/mol. The Bertz CT molecular complexity index is 154. The molecule has 0 N–H and O–H groups in total. The van der Waals surface area contributed by atoms with Gasteiger partial charge in [0, 0.05) is 10.7 Å². The Balaban J connectivity index is 2.16. The van der Waals surface area contributed by atoms with Crippen molar-refractivity contribution in [2.75, 3.05) is 13.2 Å². The Morgan fingerprint density at radius 3 is 2.55 bits per heavy atom. The van der Waals surface area contributed by atoms with Gasteiger partial charge < -0.3 is 4.74 Å². The molecule has 1 saturated carbocycles. The van der Waals surface area contributed by atoms with Gasteiger partial charge in [-0.25, -0.2) is 0 Å². The molecule has 1 rings (SSSR count). The maximum absolute atomic E-state index is 5.36. The number of rotatable bonds is 4. The number of alkyl halides is 1. The van der Waals surface area contributed by atoms with Crippen molar-refractivity contribution in [2.45, 2.75) is 18.7 Å². The quantitative estimate of drug-likeness (QED) is 0.401. The van der Waals surface area contributed by atoms with Crippen LogP contribution in [0.25, 0.3) is 0 Å². The van der Waals surface area contributed by atoms with Crippen molar-refractivity contribution in [2.24, 2.45) is 11.3 Å². The van der Waals surface area contributed by atoms with Crippen LogP contribution < -0.4 is 0 Å². The first-order chi connectivity index (χ1) is 5.10. The van der Waals surface area contributed by atoms with Crippen LogP contribution in [-0.2, 0) is 4.74 Å². The maximum atomic E-state index is 5.36. The molecule has 1 nitrogen and oxygen atoms in total. The van der Waals surface area contributed by atoms with Crippen LogP contribution >= 0.6 is 15.9 Å². The zero-order valence-electron chi connectivity index (χ0n) is 7.14. The lowest BCUT2D eigenvalue weighted by atomic mass is 10.1. The lowest BCUT2D eigenvalue weighted by molar-refractivity contribution is 0.142. The highest BCUT2D eigenvalue weighted by Crippen LogP contribution is 2.56. The summed E-state index contributed by atoms with van der Waals surface area (Å²) in [5.74, 6) is 0.683. The molecule has 0 radical (unpaired) electrons. The van der Waals surface area contributed by atoms with Gasteiger partial charge in [0.25, 0.3) is 0 Å². The maximum Gasteiger partial charge on any atom is 0.0644 e. The monoisotopic (exact) mass is 218 g/mol. The standard InChI is InChI=1S/C9H15BrO/c1-4-5-11-6-7-8(10)9(7,2)3/h4,7-8H,1,5-6H2,2-3H3/t7-,8+/m0/s1. The zero-order chi connectivity index (χ0) is 8.48. The van der Waals surface area contributed by atoms with Gasteiger partial charge in [-0.1, -0.05) is 35.9 Å². The molecule has 0 aromatic carbocycles. The van der Waals surface area contributed by atoms with Crippen molar-refractivity contribution in [1.29, 1.82) is 0 Å². The molecule has 0 aliphatic heterocycles. The third kappa shape index (κ3) is 1.85. The average molecular weight is 219 g/mol. The van der Waals surface area contributed by atoms with Crippen LogP contribution in [0.5, 0.6) is 0 Å². The van der Waals surface area contributed by atoms with E-state index in [1.54, 1.807) is 6.08 Å². The predicted molar refractivity (Wildman–Crippen MR) is 51.0 cm³/mol. The van der Waals surface area contributed by atoms with Gasteiger partial charge in [0.2, 0.25) is 0 Å². The first-order valence-electron chi connectivity index (χ1n) is 3.93. The summed E-state index contributed by atoms with van der Waals surface area (Å²) in [6, 6.07) is 0. The Labute approximate surface area is 76.9 Å². The van der Waals surface area contributed by atoms with Gasteiger partial charge >= 0.3 is 0 Å². The summed E-state index contributed by atoms with van der Waals surface area (Å²) in [5, 5.41) is 0. The third-order valence-electron chi connectivity index (χ3n) is 2.44. The van der Waals surface area contributed by atoms with E-state index < -0.39 is 0 Å². The molecule has 0 aromatic rings. The first-order valence-corrected chi connectivity index (χ1v) is 4.85. The molecule has 1 aliphatic carbocycles. The highest BCUT2D eigenvalue weighted by Gasteiger charge is 2.56. The SMILES string of the molecule is C=CCOC[C@H]1[C@@H](Br)C1(C)C. The first kappa shape index (κ1) is 9.27. The van der Waals surface area contributed by atoms with Gasteiger partial charge in [-0.05, 0) is 5.41 Å². The summed E-state index contributed by atoms with van der Waals surface area (Å²) in [5.41, 5.74) is 0.432. The number of halogens is 1. The van der Waals surface area contributed by atoms with E-state index >= 15 is 0 Å². The zero-order valence-corrected chi connectivity index (χ0v) is 8.73. The van der Waals surface area contributed by atoms with Gasteiger partial charge in [0.1, 0.15) is 0 Å². The lowest BCUT2D eigenvalue weighted by Gasteiger charge is -2.01. The fourth-order valence-electron chi connectivity index (χ4n) is 1.25. The molecule has 1 fully saturated rings. The Kier molecular flexibility index (Phi) is 2.76. The predicted octanol–water partition coefficient (Wildman–Crippen LogP) is 2.61. The molecule has 0 heterocycles. The summed E-state index contributed by atoms with van der Waals surface area (Å²) in [4.78, 5) is 0.639. The number of ether oxygens (including phenoxy) is 1. The van der Waals surface area contributed by atoms with E-state index in [2.05, 4.69) is 36.4 Å². The molecule has 0 saturated heterocycles. The molecule has 11 heavy (non-hydrogen) atoms. The van der Waals surface area contributed by atoms with Crippen LogP contribution in [0.15, 0.2) is 12.7 Å². The third-order valence-corrected chi connectivity index (χ3v) is 4.26. The smallest absolute Gasteiger partial charge is 0.0644 e. The molecule has 0 unspecified atom stereocenters. The Morgan fingerprint density at radius 2 is 2.18 bits per heavy atom. The minimum absolute atomic E-state index is 0.432. The van der Waals surface area contributed by atoms with Gasteiger partial charge in [-0.3, -0.25) is 0 Å². The van der Waals surface area contributed by atoms with Gasteiger partial charge in [-0.15, -0.1) is 6.58 Å². The van der Waals surface area contributed by atoms with Crippen LogP contribution in [0.1, 0.15) is 13.8 Å². The van der Waals surface area contributed by atoms with Gasteiger partial charge in [0.05, 0.1) is 13.2 Å². The summed E-state index contributed by atoms with van der Waals surface area (Å²) < 4.78 is 5.36. The van der Waals surface area contributed by atoms with Crippen molar-refractivity contribution in [3.63, 3.8) is 0 Å². The van der Waals surface area contributed by atoms with Gasteiger partial charge in [0.15, 0.2) is 0 Å². The fraction of sp³-hybridized carbons (Fsp3) is 0.778. The van der Waals surface area contributed by atoms with Crippen molar-refractivity contribution in [1.82, 2.24) is 0 Å². The second kappa shape index (κ2) is 3.28. The summed E-state index contributed by atoms with van der Waals surface area (Å²) >= 11 is 3.62. The van der Waals surface area contributed by atoms with Crippen molar-refractivity contribution < 1.29 is 4.74 Å². The second-order valence-corrected chi connectivity index (χ2v) is 4.64. The summed E-state index contributed by atoms with van der Waals surface area (Å²) in [6.07, 6.45) is 1.79. The van der Waals surface area contributed by atoms with E-state index in [0.717, 1.165) is 6.61 Å². The van der Waals surface area contributed by atoms with E-state index in [1.165, 1.54) is 0 Å². The Morgan fingerprint density at radius 1 is 1.64 bits per heavy atom. The van der Waals surface area contributed by atoms with Crippen LogP contribution in [0, 0.1) is 11.3 Å². The largest absolute Gasteiger partial charge is 0.377 e. The minimum Gasteiger partial charge on any atom is -0.377 e. The van der Waals surface area contributed by atoms with Crippen molar-refractivity contribution >= 4 is 15.9 Å². The van der Waals surface area contributed by atoms with E-state index in [9.17, 15) is 0 Å². The normalized spacial score (nSPS) is 33.4. The molecule has 0 bridgehead atoms. The molecule has 1 aliphatic rings. The molecule has 0 spiro atoms. The van der Waals surface area contributed by atoms with E-state index in [0.29, 0.717) is 22.8 Å². The average Bonchev–Trinajstić information content (AvgIpc) is 2.39. The highest BCUT2D eigenvalue weighted by molar-refractivity contribution is 9.09. The van der Waals surface area contributed by atoms with E-state index in [4.69, 9.17) is 4.74 Å². The van der Waals surface area contributed by atoms with E-state index in [-0.39, 0.29) is 0 Å². The minimum atomic E-state index is 0.432. The summed E-state index contributed by atoms with van der Waals surface area (Å²) in [7, 11) is 0. The van der Waals surface area contributed by atoms with Crippen LogP contribution in [0.2, 0.25) is 0 Å². The molecular formula is C9H15BrO. The van der Waals surface area contributed by atoms with Crippen LogP contribution in [0.4, 0.5) is 0 Å². The highest BCUT2D eigenvalue weighted by atomic mass is 79.9. The van der Waals surface area contributed by atoms with Crippen LogP contribution in [-0.4, -0.2) is 18.0 Å². The molecule has 2 atom stereocenters. The summed E-state index contributed by atoms with van der Waals surface area (Å²) in [6.45, 7) is 9.64. The van der Waals surface area contributed by atoms with Crippen molar-refractivity contribution in [3.05, 3.63) is 12.7 Å². The number of hydrogen-bond acceptors (Lipinski definition) is 1. The topological polar surface area (TPSA) is 9.23 Å². The van der Waals surface area contributed by atoms with Crippen LogP contribution in [0.3, 0.4) is 0 Å². The van der Waals surface area contributed by atoms with Crippen molar-refractivity contribution in [3.8, 4) is 0 Å². The van der Waals surface area contributed by atoms with Gasteiger partial charge in [-0.2, -0.15) is 0 Å². The molecule has 0 amide bonds. The number of hydrogen-bond donors (Lipinski definition) is 0. The van der Waals surface area contributed by atoms with E-state index in [1.807, 2.05) is 0 Å². The Hall–Kier alpha value is 0.180. The molecule has 2 heteroatoms. The molecule has 0 aromatic heterocycles.